The number of carbonyl (C=O) groups is 3. The van der Waals surface area contributed by atoms with Crippen molar-refractivity contribution in [2.45, 2.75) is 132 Å². The standard InChI is InChI=1S/C27H47BrN2O5SSi/c1-4-7-10-13-16-37(17-14-11-8-5-2,18-15-12-9-6-3)27-21(19-28)23(26(33)34)30-24(32)22(29-20-31)25(30)36(27)35/h20,22,25,27H,4-19H2,1-3H3,(H,29,31)(H,33,34)/t22?,25-,27?,36?/m1/s1. The number of amides is 2. The summed E-state index contributed by atoms with van der Waals surface area (Å²) < 4.78 is 14.4. The molecule has 2 N–H and O–H groups in total. The van der Waals surface area contributed by atoms with Gasteiger partial charge in [-0.25, -0.2) is 4.79 Å². The first-order valence-electron chi connectivity index (χ1n) is 14.3. The van der Waals surface area contributed by atoms with E-state index in [0.717, 1.165) is 75.9 Å². The first kappa shape index (κ1) is 32.2. The molecule has 0 bridgehead atoms. The Bertz CT molecular complexity index is 808. The van der Waals surface area contributed by atoms with Gasteiger partial charge in [0.1, 0.15) is 17.1 Å². The minimum Gasteiger partial charge on any atom is -0.477 e. The molecule has 2 amide bonds. The van der Waals surface area contributed by atoms with Crippen LogP contribution in [0.2, 0.25) is 18.1 Å². The van der Waals surface area contributed by atoms with Gasteiger partial charge in [-0.15, -0.1) is 0 Å². The number of carboxylic acids is 1. The third kappa shape index (κ3) is 7.56. The van der Waals surface area contributed by atoms with Crippen LogP contribution in [0.1, 0.15) is 97.8 Å². The number of carboxylic acid groups (broad SMARTS) is 1. The van der Waals surface area contributed by atoms with Crippen LogP contribution < -0.4 is 5.32 Å². The number of rotatable bonds is 20. The molecule has 10 heteroatoms. The molecule has 0 radical (unpaired) electrons. The van der Waals surface area contributed by atoms with Crippen LogP contribution in [0.25, 0.3) is 0 Å². The molecule has 7 nitrogen and oxygen atoms in total. The van der Waals surface area contributed by atoms with E-state index < -0.39 is 42.2 Å². The van der Waals surface area contributed by atoms with Crippen LogP contribution in [0, 0.1) is 0 Å². The maximum Gasteiger partial charge on any atom is 0.352 e. The number of alkyl halides is 1. The molecule has 0 spiro atoms. The second-order valence-electron chi connectivity index (χ2n) is 10.7. The number of nitrogens with zero attached hydrogens (tertiary/aromatic N) is 1. The van der Waals surface area contributed by atoms with Crippen LogP contribution in [0.15, 0.2) is 11.3 Å². The van der Waals surface area contributed by atoms with E-state index in [1.165, 1.54) is 24.2 Å². The van der Waals surface area contributed by atoms with Crippen molar-refractivity contribution < 1.29 is 23.7 Å². The molecular weight excluding hydrogens is 572 g/mol. The average molecular weight is 620 g/mol. The average Bonchev–Trinajstić information content (AvgIpc) is 2.88. The molecule has 2 aliphatic rings. The topological polar surface area (TPSA) is 104 Å². The molecule has 0 saturated carbocycles. The van der Waals surface area contributed by atoms with E-state index in [0.29, 0.717) is 17.3 Å². The van der Waals surface area contributed by atoms with Crippen LogP contribution in [0.4, 0.5) is 0 Å². The predicted octanol–water partition coefficient (Wildman–Crippen LogP) is 5.86. The summed E-state index contributed by atoms with van der Waals surface area (Å²) in [6, 6.07) is 2.20. The number of nitrogens with one attached hydrogen (secondary N) is 1. The third-order valence-corrected chi connectivity index (χ3v) is 18.1. The van der Waals surface area contributed by atoms with Gasteiger partial charge in [-0.2, -0.15) is 0 Å². The Hall–Kier alpha value is -1.00. The van der Waals surface area contributed by atoms with Gasteiger partial charge >= 0.3 is 5.97 Å². The summed E-state index contributed by atoms with van der Waals surface area (Å²) in [5.74, 6) is -1.63. The van der Waals surface area contributed by atoms with Crippen molar-refractivity contribution in [3.05, 3.63) is 11.3 Å². The highest BCUT2D eigenvalue weighted by atomic mass is 79.9. The minimum absolute atomic E-state index is 0.00651. The Morgan fingerprint density at radius 1 is 0.973 bits per heavy atom. The highest BCUT2D eigenvalue weighted by Gasteiger charge is 2.62. The molecular formula is C27H47BrN2O5SSi. The lowest BCUT2D eigenvalue weighted by molar-refractivity contribution is -0.150. The van der Waals surface area contributed by atoms with Gasteiger partial charge in [0.25, 0.3) is 5.91 Å². The van der Waals surface area contributed by atoms with Gasteiger partial charge in [-0.05, 0) is 5.57 Å². The number of carbonyl (C=O) groups excluding carboxylic acids is 2. The second kappa shape index (κ2) is 16.2. The van der Waals surface area contributed by atoms with Gasteiger partial charge in [0.2, 0.25) is 6.41 Å². The first-order chi connectivity index (χ1) is 17.8. The van der Waals surface area contributed by atoms with E-state index in [1.54, 1.807) is 0 Å². The highest BCUT2D eigenvalue weighted by molar-refractivity contribution is 9.09. The summed E-state index contributed by atoms with van der Waals surface area (Å²) in [5, 5.41) is 12.3. The van der Waals surface area contributed by atoms with Gasteiger partial charge in [-0.3, -0.25) is 18.7 Å². The van der Waals surface area contributed by atoms with Gasteiger partial charge < -0.3 is 10.4 Å². The number of hydrogen-bond acceptors (Lipinski definition) is 4. The van der Waals surface area contributed by atoms with Crippen molar-refractivity contribution >= 4 is 53.1 Å². The molecule has 212 valence electrons. The van der Waals surface area contributed by atoms with Crippen molar-refractivity contribution in [3.63, 3.8) is 0 Å². The van der Waals surface area contributed by atoms with Crippen LogP contribution in [-0.2, 0) is 25.2 Å². The van der Waals surface area contributed by atoms with E-state index in [4.69, 9.17) is 0 Å². The lowest BCUT2D eigenvalue weighted by Gasteiger charge is -2.54. The summed E-state index contributed by atoms with van der Waals surface area (Å²) in [5.41, 5.74) is 0.626. The fourth-order valence-electron chi connectivity index (χ4n) is 6.19. The molecule has 1 saturated heterocycles. The highest BCUT2D eigenvalue weighted by Crippen LogP contribution is 2.46. The van der Waals surface area contributed by atoms with Crippen molar-refractivity contribution in [2.24, 2.45) is 0 Å². The van der Waals surface area contributed by atoms with Gasteiger partial charge in [0.05, 0.1) is 23.7 Å². The van der Waals surface area contributed by atoms with Crippen LogP contribution in [0.5, 0.6) is 0 Å². The molecule has 2 rings (SSSR count). The quantitative estimate of drug-likeness (QED) is 0.0584. The molecule has 3 unspecified atom stereocenters. The zero-order chi connectivity index (χ0) is 27.4. The third-order valence-electron chi connectivity index (χ3n) is 8.11. The summed E-state index contributed by atoms with van der Waals surface area (Å²) in [7, 11) is -3.78. The van der Waals surface area contributed by atoms with Gasteiger partial charge in [0, 0.05) is 5.33 Å². The maximum absolute atomic E-state index is 14.4. The van der Waals surface area contributed by atoms with Crippen molar-refractivity contribution in [2.75, 3.05) is 5.33 Å². The lowest BCUT2D eigenvalue weighted by Crippen LogP contribution is -2.75. The number of aliphatic carboxylic acids is 1. The Labute approximate surface area is 235 Å². The van der Waals surface area contributed by atoms with Crippen LogP contribution in [-0.4, -0.2) is 62.2 Å². The Balaban J connectivity index is 2.61. The Morgan fingerprint density at radius 2 is 1.46 bits per heavy atom. The molecule has 0 aromatic rings. The number of unbranched alkanes of at least 4 members (excludes halogenated alkanes) is 9. The summed E-state index contributed by atoms with van der Waals surface area (Å²) in [6.07, 6.45) is 14.0. The number of β-lactam (4-membered cyclic amide) rings is 1. The van der Waals surface area contributed by atoms with Crippen molar-refractivity contribution in [1.29, 1.82) is 0 Å². The van der Waals surface area contributed by atoms with Crippen LogP contribution in [0.3, 0.4) is 0 Å². The molecule has 0 aliphatic carbocycles. The summed E-state index contributed by atoms with van der Waals surface area (Å²) >= 11 is 3.55. The second-order valence-corrected chi connectivity index (χ2v) is 18.1. The number of hydrogen-bond donors (Lipinski definition) is 2. The summed E-state index contributed by atoms with van der Waals surface area (Å²) in [6.45, 7) is 6.59. The molecule has 2 aliphatic heterocycles. The maximum atomic E-state index is 14.4. The summed E-state index contributed by atoms with van der Waals surface area (Å²) in [4.78, 5) is 37.5. The van der Waals surface area contributed by atoms with E-state index in [9.17, 15) is 23.7 Å². The number of fused-ring (bicyclic) bond motifs is 1. The molecule has 0 aromatic heterocycles. The Morgan fingerprint density at radius 3 is 1.84 bits per heavy atom. The fourth-order valence-corrected chi connectivity index (χ4v) is 17.8. The first-order valence-corrected chi connectivity index (χ1v) is 19.4. The monoisotopic (exact) mass is 618 g/mol. The minimum atomic E-state index is -2.30. The molecule has 2 heterocycles. The van der Waals surface area contributed by atoms with Crippen LogP contribution >= 0.6 is 15.9 Å². The van der Waals surface area contributed by atoms with E-state index in [-0.39, 0.29) is 10.6 Å². The van der Waals surface area contributed by atoms with Crippen molar-refractivity contribution in [3.8, 4) is 0 Å². The SMILES string of the molecule is CCCCCC[Si](CCCCCC)(CCCCCC)C1C(CBr)=C(C(=O)O)N2C(=O)C(NC=O)[C@H]2S1=O. The van der Waals surface area contributed by atoms with E-state index in [1.807, 2.05) is 0 Å². The number of halogens is 1. The molecule has 37 heavy (non-hydrogen) atoms. The predicted molar refractivity (Wildman–Crippen MR) is 157 cm³/mol. The molecule has 4 atom stereocenters. The fraction of sp³-hybridized carbons (Fsp3) is 0.815. The Kier molecular flexibility index (Phi) is 14.1. The van der Waals surface area contributed by atoms with E-state index >= 15 is 0 Å². The van der Waals surface area contributed by atoms with Crippen molar-refractivity contribution in [1.82, 2.24) is 10.2 Å². The van der Waals surface area contributed by atoms with Gasteiger partial charge in [-0.1, -0.05) is 132 Å². The smallest absolute Gasteiger partial charge is 0.352 e. The van der Waals surface area contributed by atoms with E-state index in [2.05, 4.69) is 42.0 Å². The molecule has 1 fully saturated rings. The lowest BCUT2D eigenvalue weighted by atomic mass is 10.0. The zero-order valence-electron chi connectivity index (χ0n) is 22.9. The normalized spacial score (nSPS) is 23.6. The van der Waals surface area contributed by atoms with Gasteiger partial charge in [0.15, 0.2) is 0 Å². The zero-order valence-corrected chi connectivity index (χ0v) is 26.3. The largest absolute Gasteiger partial charge is 0.477 e. The molecule has 0 aromatic carbocycles.